The Morgan fingerprint density at radius 1 is 1.30 bits per heavy atom. The zero-order valence-electron chi connectivity index (χ0n) is 11.9. The first-order valence-electron chi connectivity index (χ1n) is 7.42. The van der Waals surface area contributed by atoms with Crippen molar-refractivity contribution in [3.05, 3.63) is 16.8 Å². The molecule has 2 aromatic heterocycles. The lowest BCUT2D eigenvalue weighted by molar-refractivity contribution is 0.516. The summed E-state index contributed by atoms with van der Waals surface area (Å²) in [7, 11) is 0. The van der Waals surface area contributed by atoms with Crippen molar-refractivity contribution in [2.75, 3.05) is 5.73 Å². The maximum absolute atomic E-state index is 6.08. The molecule has 1 fully saturated rings. The molecule has 0 saturated heterocycles. The monoisotopic (exact) mass is 307 g/mol. The van der Waals surface area contributed by atoms with Crippen LogP contribution in [0.5, 0.6) is 0 Å². The van der Waals surface area contributed by atoms with E-state index in [0.29, 0.717) is 5.82 Å². The van der Waals surface area contributed by atoms with Gasteiger partial charge in [-0.15, -0.1) is 11.3 Å². The molecule has 0 spiro atoms. The van der Waals surface area contributed by atoms with Crippen molar-refractivity contribution in [1.82, 2.24) is 9.97 Å². The molecule has 0 aliphatic heterocycles. The summed E-state index contributed by atoms with van der Waals surface area (Å²) in [4.78, 5) is 11.6. The third-order valence-electron chi connectivity index (χ3n) is 3.87. The van der Waals surface area contributed by atoms with E-state index in [4.69, 9.17) is 10.7 Å². The van der Waals surface area contributed by atoms with Crippen LogP contribution in [0.2, 0.25) is 0 Å². The Labute approximate surface area is 128 Å². The van der Waals surface area contributed by atoms with Gasteiger partial charge >= 0.3 is 0 Å². The summed E-state index contributed by atoms with van der Waals surface area (Å²) in [5.41, 5.74) is 6.08. The number of aryl methyl sites for hydroxylation is 1. The summed E-state index contributed by atoms with van der Waals surface area (Å²) in [5.74, 6) is 2.43. The van der Waals surface area contributed by atoms with Crippen LogP contribution in [0.1, 0.15) is 49.7 Å². The van der Waals surface area contributed by atoms with E-state index in [2.05, 4.69) is 18.0 Å². The van der Waals surface area contributed by atoms with Gasteiger partial charge in [0.1, 0.15) is 16.5 Å². The topological polar surface area (TPSA) is 51.8 Å². The van der Waals surface area contributed by atoms with E-state index in [-0.39, 0.29) is 0 Å². The average Bonchev–Trinajstić information content (AvgIpc) is 2.90. The Kier molecular flexibility index (Phi) is 4.46. The molecule has 5 heteroatoms. The summed E-state index contributed by atoms with van der Waals surface area (Å²) in [6.45, 7) is 2.16. The highest BCUT2D eigenvalue weighted by molar-refractivity contribution is 7.99. The van der Waals surface area contributed by atoms with E-state index in [0.717, 1.165) is 33.5 Å². The fourth-order valence-electron chi connectivity index (χ4n) is 2.70. The predicted molar refractivity (Wildman–Crippen MR) is 89.4 cm³/mol. The van der Waals surface area contributed by atoms with Gasteiger partial charge < -0.3 is 5.73 Å². The molecular formula is C15H21N3S2. The van der Waals surface area contributed by atoms with Gasteiger partial charge in [-0.1, -0.05) is 26.2 Å². The van der Waals surface area contributed by atoms with Gasteiger partial charge in [0.15, 0.2) is 0 Å². The highest BCUT2D eigenvalue weighted by Crippen LogP contribution is 2.32. The summed E-state index contributed by atoms with van der Waals surface area (Å²) >= 11 is 3.75. The van der Waals surface area contributed by atoms with Crippen LogP contribution in [0.15, 0.2) is 6.07 Å². The Morgan fingerprint density at radius 3 is 2.85 bits per heavy atom. The first kappa shape index (κ1) is 14.1. The third-order valence-corrected chi connectivity index (χ3v) is 6.41. The van der Waals surface area contributed by atoms with Crippen molar-refractivity contribution in [2.45, 2.75) is 56.5 Å². The molecule has 108 valence electrons. The largest absolute Gasteiger partial charge is 0.383 e. The number of anilines is 1. The van der Waals surface area contributed by atoms with Gasteiger partial charge in [-0.05, 0) is 25.3 Å². The van der Waals surface area contributed by atoms with Gasteiger partial charge in [0.2, 0.25) is 0 Å². The van der Waals surface area contributed by atoms with Crippen LogP contribution in [0, 0.1) is 0 Å². The molecule has 1 aliphatic carbocycles. The fraction of sp³-hybridized carbons (Fsp3) is 0.600. The van der Waals surface area contributed by atoms with E-state index in [1.807, 2.05) is 11.8 Å². The number of thiophene rings is 1. The van der Waals surface area contributed by atoms with Crippen LogP contribution in [0.3, 0.4) is 0 Å². The van der Waals surface area contributed by atoms with Crippen molar-refractivity contribution in [3.63, 3.8) is 0 Å². The molecule has 2 aromatic rings. The third kappa shape index (κ3) is 3.09. The van der Waals surface area contributed by atoms with Gasteiger partial charge in [0.25, 0.3) is 0 Å². The molecule has 3 rings (SSSR count). The van der Waals surface area contributed by atoms with Gasteiger partial charge in [-0.3, -0.25) is 0 Å². The second-order valence-corrected chi connectivity index (χ2v) is 7.79. The standard InChI is InChI=1S/C15H21N3S2/c1-2-10-8-12-14(16)17-13(18-15(12)20-10)9-19-11-6-4-3-5-7-11/h8,11H,2-7,9H2,1H3,(H2,16,17,18). The second kappa shape index (κ2) is 6.31. The maximum atomic E-state index is 6.08. The van der Waals surface area contributed by atoms with Crippen LogP contribution in [-0.4, -0.2) is 15.2 Å². The van der Waals surface area contributed by atoms with Crippen molar-refractivity contribution >= 4 is 39.1 Å². The van der Waals surface area contributed by atoms with Gasteiger partial charge in [0.05, 0.1) is 11.1 Å². The van der Waals surface area contributed by atoms with Crippen LogP contribution in [0.4, 0.5) is 5.82 Å². The molecule has 1 aliphatic rings. The van der Waals surface area contributed by atoms with Crippen LogP contribution < -0.4 is 5.73 Å². The van der Waals surface area contributed by atoms with E-state index < -0.39 is 0 Å². The first-order chi connectivity index (χ1) is 9.76. The van der Waals surface area contributed by atoms with Crippen molar-refractivity contribution < 1.29 is 0 Å². The second-order valence-electron chi connectivity index (χ2n) is 5.38. The van der Waals surface area contributed by atoms with E-state index in [9.17, 15) is 0 Å². The zero-order valence-corrected chi connectivity index (χ0v) is 13.5. The molecular weight excluding hydrogens is 286 g/mol. The molecule has 3 nitrogen and oxygen atoms in total. The number of fused-ring (bicyclic) bond motifs is 1. The van der Waals surface area contributed by atoms with Gasteiger partial charge in [0, 0.05) is 10.1 Å². The molecule has 20 heavy (non-hydrogen) atoms. The lowest BCUT2D eigenvalue weighted by atomic mass is 10.0. The molecule has 0 aromatic carbocycles. The van der Waals surface area contributed by atoms with E-state index in [1.54, 1.807) is 11.3 Å². The predicted octanol–water partition coefficient (Wildman–Crippen LogP) is 4.40. The number of thioether (sulfide) groups is 1. The SMILES string of the molecule is CCc1cc2c(N)nc(CSC3CCCCC3)nc2s1. The minimum Gasteiger partial charge on any atom is -0.383 e. The molecule has 0 bridgehead atoms. The van der Waals surface area contributed by atoms with Crippen molar-refractivity contribution in [2.24, 2.45) is 0 Å². The van der Waals surface area contributed by atoms with E-state index >= 15 is 0 Å². The maximum Gasteiger partial charge on any atom is 0.142 e. The Morgan fingerprint density at radius 2 is 2.10 bits per heavy atom. The number of nitrogens with two attached hydrogens (primary N) is 1. The summed E-state index contributed by atoms with van der Waals surface area (Å²) in [6, 6.07) is 2.13. The number of nitrogen functional groups attached to an aromatic ring is 1. The normalized spacial score (nSPS) is 16.9. The van der Waals surface area contributed by atoms with Crippen molar-refractivity contribution in [3.8, 4) is 0 Å². The summed E-state index contributed by atoms with van der Waals surface area (Å²) in [5, 5.41) is 1.82. The molecule has 0 atom stereocenters. The number of rotatable bonds is 4. The number of nitrogens with zero attached hydrogens (tertiary/aromatic N) is 2. The van der Waals surface area contributed by atoms with Crippen LogP contribution in [0.25, 0.3) is 10.2 Å². The molecule has 0 radical (unpaired) electrons. The lowest BCUT2D eigenvalue weighted by Crippen LogP contribution is -2.09. The van der Waals surface area contributed by atoms with Gasteiger partial charge in [-0.25, -0.2) is 9.97 Å². The molecule has 0 unspecified atom stereocenters. The highest BCUT2D eigenvalue weighted by Gasteiger charge is 2.15. The highest BCUT2D eigenvalue weighted by atomic mass is 32.2. The Bertz CT molecular complexity index is 588. The molecule has 1 saturated carbocycles. The number of hydrogen-bond acceptors (Lipinski definition) is 5. The minimum absolute atomic E-state index is 0.644. The van der Waals surface area contributed by atoms with Gasteiger partial charge in [-0.2, -0.15) is 11.8 Å². The molecule has 0 amide bonds. The minimum atomic E-state index is 0.644. The quantitative estimate of drug-likeness (QED) is 0.909. The van der Waals surface area contributed by atoms with Crippen LogP contribution >= 0.6 is 23.1 Å². The molecule has 2 N–H and O–H groups in total. The molecule has 2 heterocycles. The average molecular weight is 307 g/mol. The fourth-order valence-corrected chi connectivity index (χ4v) is 4.88. The van der Waals surface area contributed by atoms with E-state index in [1.165, 1.54) is 37.0 Å². The first-order valence-corrected chi connectivity index (χ1v) is 9.29. The van der Waals surface area contributed by atoms with Crippen molar-refractivity contribution in [1.29, 1.82) is 0 Å². The van der Waals surface area contributed by atoms with Crippen LogP contribution in [-0.2, 0) is 12.2 Å². The number of aromatic nitrogens is 2. The summed E-state index contributed by atoms with van der Waals surface area (Å²) < 4.78 is 0. The summed E-state index contributed by atoms with van der Waals surface area (Å²) in [6.07, 6.45) is 7.89. The zero-order chi connectivity index (χ0) is 13.9. The Balaban J connectivity index is 1.74. The Hall–Kier alpha value is -0.810. The smallest absolute Gasteiger partial charge is 0.142 e. The lowest BCUT2D eigenvalue weighted by Gasteiger charge is -2.20. The number of hydrogen-bond donors (Lipinski definition) is 1.